The Bertz CT molecular complexity index is 694. The minimum absolute atomic E-state index is 0.272. The second kappa shape index (κ2) is 8.62. The highest BCUT2D eigenvalue weighted by molar-refractivity contribution is 6.03. The van der Waals surface area contributed by atoms with Crippen LogP contribution in [0.2, 0.25) is 0 Å². The molecular weight excluding hydrogens is 318 g/mol. The Kier molecular flexibility index (Phi) is 6.00. The van der Waals surface area contributed by atoms with Gasteiger partial charge in [0.1, 0.15) is 5.75 Å². The summed E-state index contributed by atoms with van der Waals surface area (Å²) < 4.78 is 7.56. The van der Waals surface area contributed by atoms with Gasteiger partial charge in [-0.15, -0.1) is 5.10 Å². The van der Waals surface area contributed by atoms with Crippen LogP contribution in [-0.2, 0) is 0 Å². The van der Waals surface area contributed by atoms with Crippen LogP contribution in [0.4, 0.5) is 5.69 Å². The molecule has 1 fully saturated rings. The molecule has 0 spiro atoms. The van der Waals surface area contributed by atoms with Crippen LogP contribution in [0.15, 0.2) is 30.5 Å². The van der Waals surface area contributed by atoms with Gasteiger partial charge in [-0.05, 0) is 44.5 Å². The molecule has 1 aliphatic rings. The fraction of sp³-hybridized carbons (Fsp3) is 0.500. The van der Waals surface area contributed by atoms with E-state index < -0.39 is 0 Å². The molecule has 1 aromatic heterocycles. The van der Waals surface area contributed by atoms with Crippen LogP contribution >= 0.6 is 0 Å². The molecule has 25 heavy (non-hydrogen) atoms. The van der Waals surface area contributed by atoms with Gasteiger partial charge in [-0.2, -0.15) is 0 Å². The van der Waals surface area contributed by atoms with E-state index in [1.807, 2.05) is 24.3 Å². The number of benzene rings is 1. The highest BCUT2D eigenvalue weighted by Gasteiger charge is 2.19. The summed E-state index contributed by atoms with van der Waals surface area (Å²) in [6.07, 6.45) is 5.77. The third-order valence-electron chi connectivity index (χ3n) is 4.32. The average molecular weight is 343 g/mol. The van der Waals surface area contributed by atoms with Crippen molar-refractivity contribution in [3.63, 3.8) is 0 Å². The fourth-order valence-corrected chi connectivity index (χ4v) is 2.84. The Hall–Kier alpha value is -2.41. The molecule has 0 atom stereocenters. The summed E-state index contributed by atoms with van der Waals surface area (Å²) in [5.74, 6) is 0.404. The number of carbonyl (C=O) groups is 1. The van der Waals surface area contributed by atoms with Crippen molar-refractivity contribution in [2.75, 3.05) is 25.0 Å². The molecule has 1 amide bonds. The van der Waals surface area contributed by atoms with Crippen molar-refractivity contribution in [2.24, 2.45) is 0 Å². The highest BCUT2D eigenvalue weighted by atomic mass is 16.5. The van der Waals surface area contributed by atoms with Crippen LogP contribution < -0.4 is 15.4 Å². The number of rotatable bonds is 7. The number of aromatic nitrogens is 3. The monoisotopic (exact) mass is 343 g/mol. The minimum atomic E-state index is -0.272. The van der Waals surface area contributed by atoms with Gasteiger partial charge < -0.3 is 15.4 Å². The standard InChI is InChI=1S/C18H25N5O2/c1-2-3-12-25-17-7-5-4-6-15(17)20-18(24)16-13-23(22-21-16)14-8-10-19-11-9-14/h4-7,13-14,19H,2-3,8-12H2,1H3,(H,20,24). The third kappa shape index (κ3) is 4.57. The molecule has 3 rings (SSSR count). The second-order valence-corrected chi connectivity index (χ2v) is 6.22. The van der Waals surface area contributed by atoms with Gasteiger partial charge in [-0.1, -0.05) is 30.7 Å². The maximum absolute atomic E-state index is 12.5. The van der Waals surface area contributed by atoms with E-state index in [0.717, 1.165) is 38.8 Å². The minimum Gasteiger partial charge on any atom is -0.491 e. The number of carbonyl (C=O) groups excluding carboxylic acids is 1. The number of nitrogens with one attached hydrogen (secondary N) is 2. The summed E-state index contributed by atoms with van der Waals surface area (Å²) in [6, 6.07) is 7.76. The van der Waals surface area contributed by atoms with Crippen LogP contribution in [-0.4, -0.2) is 40.6 Å². The summed E-state index contributed by atoms with van der Waals surface area (Å²) in [5, 5.41) is 14.4. The quantitative estimate of drug-likeness (QED) is 0.755. The smallest absolute Gasteiger partial charge is 0.277 e. The van der Waals surface area contributed by atoms with Crippen molar-refractivity contribution < 1.29 is 9.53 Å². The predicted molar refractivity (Wildman–Crippen MR) is 96.0 cm³/mol. The number of ether oxygens (including phenoxy) is 1. The normalized spacial score (nSPS) is 15.1. The first-order valence-corrected chi connectivity index (χ1v) is 8.93. The number of hydrogen-bond acceptors (Lipinski definition) is 5. The number of piperidine rings is 1. The zero-order valence-electron chi connectivity index (χ0n) is 14.6. The molecule has 0 radical (unpaired) electrons. The Morgan fingerprint density at radius 2 is 2.16 bits per heavy atom. The number of amides is 1. The number of anilines is 1. The van der Waals surface area contributed by atoms with E-state index >= 15 is 0 Å². The Morgan fingerprint density at radius 3 is 2.96 bits per heavy atom. The van der Waals surface area contributed by atoms with Gasteiger partial charge in [0.15, 0.2) is 5.69 Å². The summed E-state index contributed by atoms with van der Waals surface area (Å²) >= 11 is 0. The third-order valence-corrected chi connectivity index (χ3v) is 4.32. The van der Waals surface area contributed by atoms with Gasteiger partial charge in [-0.3, -0.25) is 4.79 Å². The van der Waals surface area contributed by atoms with Gasteiger partial charge in [0, 0.05) is 0 Å². The topological polar surface area (TPSA) is 81.1 Å². The van der Waals surface area contributed by atoms with Crippen molar-refractivity contribution in [2.45, 2.75) is 38.6 Å². The Balaban J connectivity index is 1.65. The zero-order valence-corrected chi connectivity index (χ0v) is 14.6. The van der Waals surface area contributed by atoms with Crippen LogP contribution in [0, 0.1) is 0 Å². The van der Waals surface area contributed by atoms with E-state index in [4.69, 9.17) is 4.74 Å². The predicted octanol–water partition coefficient (Wildman–Crippen LogP) is 2.63. The molecule has 0 aliphatic carbocycles. The van der Waals surface area contributed by atoms with Crippen molar-refractivity contribution in [1.29, 1.82) is 0 Å². The molecule has 134 valence electrons. The van der Waals surface area contributed by atoms with Gasteiger partial charge in [-0.25, -0.2) is 4.68 Å². The molecule has 1 aromatic carbocycles. The van der Waals surface area contributed by atoms with Crippen LogP contribution in [0.3, 0.4) is 0 Å². The number of para-hydroxylation sites is 2. The van der Waals surface area contributed by atoms with E-state index in [1.165, 1.54) is 0 Å². The molecule has 2 aromatic rings. The van der Waals surface area contributed by atoms with E-state index in [1.54, 1.807) is 10.9 Å². The molecule has 1 aliphatic heterocycles. The number of hydrogen-bond donors (Lipinski definition) is 2. The summed E-state index contributed by atoms with van der Waals surface area (Å²) in [7, 11) is 0. The molecule has 7 heteroatoms. The van der Waals surface area contributed by atoms with E-state index in [2.05, 4.69) is 27.9 Å². The number of unbranched alkanes of at least 4 members (excludes halogenated alkanes) is 1. The van der Waals surface area contributed by atoms with E-state index in [-0.39, 0.29) is 5.91 Å². The lowest BCUT2D eigenvalue weighted by Crippen LogP contribution is -2.29. The van der Waals surface area contributed by atoms with Crippen LogP contribution in [0.25, 0.3) is 0 Å². The molecule has 2 heterocycles. The summed E-state index contributed by atoms with van der Waals surface area (Å²) in [4.78, 5) is 12.5. The average Bonchev–Trinajstić information content (AvgIpc) is 3.14. The molecule has 2 N–H and O–H groups in total. The molecule has 0 unspecified atom stereocenters. The lowest BCUT2D eigenvalue weighted by atomic mass is 10.1. The van der Waals surface area contributed by atoms with Gasteiger partial charge in [0.25, 0.3) is 5.91 Å². The maximum atomic E-state index is 12.5. The highest BCUT2D eigenvalue weighted by Crippen LogP contribution is 2.24. The Labute approximate surface area is 147 Å². The van der Waals surface area contributed by atoms with Crippen molar-refractivity contribution in [3.05, 3.63) is 36.2 Å². The first-order chi connectivity index (χ1) is 12.3. The zero-order chi connectivity index (χ0) is 17.5. The van der Waals surface area contributed by atoms with Gasteiger partial charge in [0.05, 0.1) is 24.5 Å². The molecule has 7 nitrogen and oxygen atoms in total. The van der Waals surface area contributed by atoms with Crippen LogP contribution in [0.1, 0.15) is 49.1 Å². The summed E-state index contributed by atoms with van der Waals surface area (Å²) in [6.45, 7) is 4.68. The molecular formula is C18H25N5O2. The van der Waals surface area contributed by atoms with Gasteiger partial charge in [0.2, 0.25) is 0 Å². The summed E-state index contributed by atoms with van der Waals surface area (Å²) in [5.41, 5.74) is 0.974. The molecule has 0 bridgehead atoms. The van der Waals surface area contributed by atoms with E-state index in [0.29, 0.717) is 29.8 Å². The van der Waals surface area contributed by atoms with Crippen molar-refractivity contribution in [3.8, 4) is 5.75 Å². The van der Waals surface area contributed by atoms with Crippen LogP contribution in [0.5, 0.6) is 5.75 Å². The van der Waals surface area contributed by atoms with Crippen molar-refractivity contribution >= 4 is 11.6 Å². The second-order valence-electron chi connectivity index (χ2n) is 6.22. The first-order valence-electron chi connectivity index (χ1n) is 8.93. The molecule has 0 saturated carbocycles. The maximum Gasteiger partial charge on any atom is 0.277 e. The van der Waals surface area contributed by atoms with E-state index in [9.17, 15) is 4.79 Å². The SMILES string of the molecule is CCCCOc1ccccc1NC(=O)c1cn(C2CCNCC2)nn1. The van der Waals surface area contributed by atoms with Crippen molar-refractivity contribution in [1.82, 2.24) is 20.3 Å². The number of nitrogens with zero attached hydrogens (tertiary/aromatic N) is 3. The largest absolute Gasteiger partial charge is 0.491 e. The lowest BCUT2D eigenvalue weighted by Gasteiger charge is -2.22. The first kappa shape index (κ1) is 17.4. The lowest BCUT2D eigenvalue weighted by molar-refractivity contribution is 0.102. The van der Waals surface area contributed by atoms with Gasteiger partial charge >= 0.3 is 0 Å². The molecule has 1 saturated heterocycles. The Morgan fingerprint density at radius 1 is 1.36 bits per heavy atom. The fourth-order valence-electron chi connectivity index (χ4n) is 2.84.